The lowest BCUT2D eigenvalue weighted by Gasteiger charge is -2.29. The Kier molecular flexibility index (Phi) is 7.15. The lowest BCUT2D eigenvalue weighted by Crippen LogP contribution is -2.36. The predicted octanol–water partition coefficient (Wildman–Crippen LogP) is 2.00. The second kappa shape index (κ2) is 8.67. The zero-order valence-corrected chi connectivity index (χ0v) is 11.7. The van der Waals surface area contributed by atoms with Crippen LogP contribution in [0.25, 0.3) is 0 Å². The lowest BCUT2D eigenvalue weighted by molar-refractivity contribution is -0.150. The minimum absolute atomic E-state index is 0.126. The summed E-state index contributed by atoms with van der Waals surface area (Å²) in [6.07, 6.45) is 0.649. The maximum absolute atomic E-state index is 12.2. The van der Waals surface area contributed by atoms with Gasteiger partial charge in [0, 0.05) is 13.2 Å². The Morgan fingerprint density at radius 3 is 2.53 bits per heavy atom. The number of nitrogens with zero attached hydrogens (tertiary/aromatic N) is 1. The number of rotatable bonds is 8. The highest BCUT2D eigenvalue weighted by Crippen LogP contribution is 2.22. The van der Waals surface area contributed by atoms with E-state index in [-0.39, 0.29) is 12.6 Å². The van der Waals surface area contributed by atoms with Gasteiger partial charge in [0.1, 0.15) is 6.04 Å². The van der Waals surface area contributed by atoms with Gasteiger partial charge < -0.3 is 9.84 Å². The molecule has 0 aliphatic carbocycles. The standard InChI is InChI=1S/C15H23NO3/c1-3-16(11-8-12-17)14(15(18)19-4-2)13-9-6-5-7-10-13/h5-7,9-10,14,17H,3-4,8,11-12H2,1-2H3. The molecule has 0 aromatic heterocycles. The summed E-state index contributed by atoms with van der Waals surface area (Å²) in [4.78, 5) is 14.2. The Balaban J connectivity index is 2.93. The number of carbonyl (C=O) groups is 1. The van der Waals surface area contributed by atoms with Gasteiger partial charge in [0.05, 0.1) is 6.61 Å². The first kappa shape index (κ1) is 15.7. The third-order valence-corrected chi connectivity index (χ3v) is 3.00. The zero-order valence-electron chi connectivity index (χ0n) is 11.7. The predicted molar refractivity (Wildman–Crippen MR) is 74.8 cm³/mol. The van der Waals surface area contributed by atoms with Crippen LogP contribution in [0.15, 0.2) is 30.3 Å². The highest BCUT2D eigenvalue weighted by molar-refractivity contribution is 5.77. The maximum Gasteiger partial charge on any atom is 0.327 e. The molecular formula is C15H23NO3. The first-order valence-electron chi connectivity index (χ1n) is 6.81. The first-order chi connectivity index (χ1) is 9.24. The van der Waals surface area contributed by atoms with Crippen LogP contribution < -0.4 is 0 Å². The average molecular weight is 265 g/mol. The SMILES string of the molecule is CCOC(=O)C(c1ccccc1)N(CC)CCCO. The molecule has 0 amide bonds. The molecule has 0 heterocycles. The summed E-state index contributed by atoms with van der Waals surface area (Å²) in [5.74, 6) is -0.228. The molecule has 19 heavy (non-hydrogen) atoms. The minimum atomic E-state index is -0.391. The molecular weight excluding hydrogens is 242 g/mol. The van der Waals surface area contributed by atoms with Crippen LogP contribution in [0, 0.1) is 0 Å². The van der Waals surface area contributed by atoms with Gasteiger partial charge in [0.25, 0.3) is 0 Å². The second-order valence-electron chi connectivity index (χ2n) is 4.27. The number of carbonyl (C=O) groups excluding carboxylic acids is 1. The number of hydrogen-bond acceptors (Lipinski definition) is 4. The van der Waals surface area contributed by atoms with Crippen molar-refractivity contribution in [3.8, 4) is 0 Å². The fourth-order valence-corrected chi connectivity index (χ4v) is 2.10. The summed E-state index contributed by atoms with van der Waals surface area (Å²) in [6, 6.07) is 9.24. The summed E-state index contributed by atoms with van der Waals surface area (Å²) in [7, 11) is 0. The van der Waals surface area contributed by atoms with Gasteiger partial charge in [-0.25, -0.2) is 4.79 Å². The molecule has 1 aromatic rings. The van der Waals surface area contributed by atoms with E-state index in [1.54, 1.807) is 0 Å². The Morgan fingerprint density at radius 1 is 1.32 bits per heavy atom. The van der Waals surface area contributed by atoms with Crippen molar-refractivity contribution in [2.75, 3.05) is 26.3 Å². The lowest BCUT2D eigenvalue weighted by atomic mass is 10.1. The van der Waals surface area contributed by atoms with Crippen molar-refractivity contribution in [2.24, 2.45) is 0 Å². The number of benzene rings is 1. The van der Waals surface area contributed by atoms with Crippen molar-refractivity contribution in [3.63, 3.8) is 0 Å². The van der Waals surface area contributed by atoms with E-state index in [1.165, 1.54) is 0 Å². The van der Waals surface area contributed by atoms with Crippen LogP contribution in [-0.4, -0.2) is 42.3 Å². The fraction of sp³-hybridized carbons (Fsp3) is 0.533. The number of likely N-dealkylation sites (N-methyl/N-ethyl adjacent to an activating group) is 1. The van der Waals surface area contributed by atoms with Gasteiger partial charge in [-0.15, -0.1) is 0 Å². The van der Waals surface area contributed by atoms with Gasteiger partial charge in [-0.1, -0.05) is 37.3 Å². The van der Waals surface area contributed by atoms with Gasteiger partial charge in [0.15, 0.2) is 0 Å². The van der Waals surface area contributed by atoms with Crippen LogP contribution >= 0.6 is 0 Å². The fourth-order valence-electron chi connectivity index (χ4n) is 2.10. The minimum Gasteiger partial charge on any atom is -0.465 e. The van der Waals surface area contributed by atoms with Gasteiger partial charge in [-0.05, 0) is 25.5 Å². The summed E-state index contributed by atoms with van der Waals surface area (Å²) in [5.41, 5.74) is 0.931. The summed E-state index contributed by atoms with van der Waals surface area (Å²) >= 11 is 0. The molecule has 1 aromatic carbocycles. The molecule has 0 saturated carbocycles. The third-order valence-electron chi connectivity index (χ3n) is 3.00. The van der Waals surface area contributed by atoms with E-state index in [9.17, 15) is 4.79 Å². The van der Waals surface area contributed by atoms with E-state index in [4.69, 9.17) is 9.84 Å². The Hall–Kier alpha value is -1.39. The molecule has 0 bridgehead atoms. The first-order valence-corrected chi connectivity index (χ1v) is 6.81. The van der Waals surface area contributed by atoms with Gasteiger partial charge in [0.2, 0.25) is 0 Å². The van der Waals surface area contributed by atoms with E-state index in [0.717, 1.165) is 12.1 Å². The molecule has 1 N–H and O–H groups in total. The summed E-state index contributed by atoms with van der Waals surface area (Å²) in [6.45, 7) is 5.72. The van der Waals surface area contributed by atoms with Crippen LogP contribution in [0.3, 0.4) is 0 Å². The van der Waals surface area contributed by atoms with E-state index in [0.29, 0.717) is 19.6 Å². The number of ether oxygens (including phenoxy) is 1. The molecule has 1 unspecified atom stereocenters. The smallest absolute Gasteiger partial charge is 0.327 e. The molecule has 0 spiro atoms. The van der Waals surface area contributed by atoms with Crippen molar-refractivity contribution in [1.82, 2.24) is 4.90 Å². The topological polar surface area (TPSA) is 49.8 Å². The van der Waals surface area contributed by atoms with Crippen molar-refractivity contribution in [2.45, 2.75) is 26.3 Å². The molecule has 1 atom stereocenters. The molecule has 0 aliphatic heterocycles. The van der Waals surface area contributed by atoms with Crippen LogP contribution in [0.5, 0.6) is 0 Å². The summed E-state index contributed by atoms with van der Waals surface area (Å²) < 4.78 is 5.18. The van der Waals surface area contributed by atoms with Gasteiger partial charge >= 0.3 is 5.97 Å². The summed E-state index contributed by atoms with van der Waals surface area (Å²) in [5, 5.41) is 8.96. The third kappa shape index (κ3) is 4.65. The highest BCUT2D eigenvalue weighted by atomic mass is 16.5. The number of esters is 1. The maximum atomic E-state index is 12.2. The van der Waals surface area contributed by atoms with E-state index >= 15 is 0 Å². The van der Waals surface area contributed by atoms with E-state index < -0.39 is 6.04 Å². The second-order valence-corrected chi connectivity index (χ2v) is 4.27. The monoisotopic (exact) mass is 265 g/mol. The largest absolute Gasteiger partial charge is 0.465 e. The van der Waals surface area contributed by atoms with Crippen LogP contribution in [0.4, 0.5) is 0 Å². The molecule has 0 saturated heterocycles. The molecule has 0 fully saturated rings. The number of aliphatic hydroxyl groups excluding tert-OH is 1. The van der Waals surface area contributed by atoms with Crippen LogP contribution in [0.1, 0.15) is 31.9 Å². The van der Waals surface area contributed by atoms with Gasteiger partial charge in [-0.2, -0.15) is 0 Å². The zero-order chi connectivity index (χ0) is 14.1. The number of aliphatic hydroxyl groups is 1. The quantitative estimate of drug-likeness (QED) is 0.730. The van der Waals surface area contributed by atoms with Crippen molar-refractivity contribution >= 4 is 5.97 Å². The molecule has 4 nitrogen and oxygen atoms in total. The van der Waals surface area contributed by atoms with E-state index in [1.807, 2.05) is 49.1 Å². The average Bonchev–Trinajstić information content (AvgIpc) is 2.44. The van der Waals surface area contributed by atoms with Crippen molar-refractivity contribution < 1.29 is 14.6 Å². The number of hydrogen-bond donors (Lipinski definition) is 1. The molecule has 0 radical (unpaired) electrons. The Labute approximate surface area is 115 Å². The van der Waals surface area contributed by atoms with E-state index in [2.05, 4.69) is 0 Å². The van der Waals surface area contributed by atoms with Crippen LogP contribution in [-0.2, 0) is 9.53 Å². The molecule has 4 heteroatoms. The van der Waals surface area contributed by atoms with Crippen LogP contribution in [0.2, 0.25) is 0 Å². The molecule has 1 rings (SSSR count). The highest BCUT2D eigenvalue weighted by Gasteiger charge is 2.27. The Morgan fingerprint density at radius 2 is 2.00 bits per heavy atom. The van der Waals surface area contributed by atoms with Crippen molar-refractivity contribution in [1.29, 1.82) is 0 Å². The normalized spacial score (nSPS) is 12.4. The molecule has 106 valence electrons. The molecule has 0 aliphatic rings. The Bertz CT molecular complexity index is 367. The van der Waals surface area contributed by atoms with Crippen molar-refractivity contribution in [3.05, 3.63) is 35.9 Å². The van der Waals surface area contributed by atoms with Gasteiger partial charge in [-0.3, -0.25) is 4.90 Å².